The van der Waals surface area contributed by atoms with E-state index in [2.05, 4.69) is 15.4 Å². The number of aryl methyl sites for hydroxylation is 1. The van der Waals surface area contributed by atoms with Gasteiger partial charge in [-0.05, 0) is 19.8 Å². The summed E-state index contributed by atoms with van der Waals surface area (Å²) in [6.07, 6.45) is 4.44. The maximum atomic E-state index is 11.8. The molecule has 0 saturated carbocycles. The molecule has 0 spiro atoms. The fourth-order valence-corrected chi connectivity index (χ4v) is 2.21. The van der Waals surface area contributed by atoms with Gasteiger partial charge < -0.3 is 10.2 Å². The number of aromatic nitrogens is 3. The van der Waals surface area contributed by atoms with Crippen LogP contribution in [-0.4, -0.2) is 45.2 Å². The maximum Gasteiger partial charge on any atom is 0.223 e. The van der Waals surface area contributed by atoms with Crippen LogP contribution in [0.4, 0.5) is 0 Å². The molecule has 1 fully saturated rings. The summed E-state index contributed by atoms with van der Waals surface area (Å²) in [4.78, 5) is 17.9. The fraction of sp³-hybridized carbons (Fsp3) is 0.750. The van der Waals surface area contributed by atoms with E-state index in [0.29, 0.717) is 19.5 Å². The Balaban J connectivity index is 1.65. The van der Waals surface area contributed by atoms with E-state index in [0.717, 1.165) is 38.3 Å². The Morgan fingerprint density at radius 3 is 2.94 bits per heavy atom. The molecule has 0 bridgehead atoms. The van der Waals surface area contributed by atoms with Gasteiger partial charge in [-0.25, -0.2) is 9.67 Å². The third-order valence-electron chi connectivity index (χ3n) is 3.25. The number of carbonyl (C=O) groups excluding carboxylic acids is 1. The Morgan fingerprint density at radius 2 is 2.22 bits per heavy atom. The summed E-state index contributed by atoms with van der Waals surface area (Å²) >= 11 is 0. The van der Waals surface area contributed by atoms with Crippen molar-refractivity contribution in [3.63, 3.8) is 0 Å². The first-order valence-corrected chi connectivity index (χ1v) is 6.66. The Morgan fingerprint density at radius 1 is 1.44 bits per heavy atom. The van der Waals surface area contributed by atoms with Gasteiger partial charge in [0.1, 0.15) is 12.2 Å². The lowest BCUT2D eigenvalue weighted by Gasteiger charge is -2.15. The number of hydrogen-bond acceptors (Lipinski definition) is 4. The van der Waals surface area contributed by atoms with E-state index >= 15 is 0 Å². The zero-order valence-corrected chi connectivity index (χ0v) is 10.9. The van der Waals surface area contributed by atoms with Crippen molar-refractivity contribution in [2.45, 2.75) is 39.3 Å². The van der Waals surface area contributed by atoms with Crippen LogP contribution < -0.4 is 5.32 Å². The van der Waals surface area contributed by atoms with Gasteiger partial charge >= 0.3 is 0 Å². The Hall–Kier alpha value is -1.43. The van der Waals surface area contributed by atoms with Gasteiger partial charge in [0.25, 0.3) is 0 Å². The lowest BCUT2D eigenvalue weighted by Crippen LogP contribution is -2.30. The van der Waals surface area contributed by atoms with Crippen LogP contribution in [0, 0.1) is 0 Å². The van der Waals surface area contributed by atoms with E-state index in [1.807, 2.05) is 16.5 Å². The van der Waals surface area contributed by atoms with Crippen molar-refractivity contribution < 1.29 is 4.79 Å². The highest BCUT2D eigenvalue weighted by atomic mass is 16.2. The van der Waals surface area contributed by atoms with E-state index in [1.54, 1.807) is 6.33 Å². The van der Waals surface area contributed by atoms with Gasteiger partial charge in [0.2, 0.25) is 5.91 Å². The van der Waals surface area contributed by atoms with Crippen LogP contribution >= 0.6 is 0 Å². The van der Waals surface area contributed by atoms with E-state index in [1.165, 1.54) is 0 Å². The van der Waals surface area contributed by atoms with Crippen molar-refractivity contribution in [1.82, 2.24) is 25.0 Å². The third-order valence-corrected chi connectivity index (χ3v) is 3.25. The summed E-state index contributed by atoms with van der Waals surface area (Å²) in [7, 11) is 0. The molecular formula is C12H21N5O. The molecule has 100 valence electrons. The number of nitrogens with zero attached hydrogens (tertiary/aromatic N) is 4. The normalized spacial score (nSPS) is 15.3. The molecule has 1 amide bonds. The Labute approximate surface area is 107 Å². The zero-order chi connectivity index (χ0) is 12.8. The summed E-state index contributed by atoms with van der Waals surface area (Å²) in [5, 5.41) is 7.35. The van der Waals surface area contributed by atoms with Crippen molar-refractivity contribution in [2.24, 2.45) is 0 Å². The molecule has 1 aliphatic heterocycles. The molecule has 1 aromatic heterocycles. The highest BCUT2D eigenvalue weighted by molar-refractivity contribution is 5.76. The standard InChI is InChI=1S/C12H21N5O/c1-2-17-11(14-10-15-17)9-13-6-5-12(18)16-7-3-4-8-16/h10,13H,2-9H2,1H3. The second-order valence-corrected chi connectivity index (χ2v) is 4.51. The minimum atomic E-state index is 0.261. The maximum absolute atomic E-state index is 11.8. The van der Waals surface area contributed by atoms with Gasteiger partial charge in [-0.15, -0.1) is 0 Å². The molecular weight excluding hydrogens is 230 g/mol. The van der Waals surface area contributed by atoms with Crippen molar-refractivity contribution in [2.75, 3.05) is 19.6 Å². The molecule has 1 aromatic rings. The smallest absolute Gasteiger partial charge is 0.223 e. The fourth-order valence-electron chi connectivity index (χ4n) is 2.21. The van der Waals surface area contributed by atoms with E-state index in [4.69, 9.17) is 0 Å². The van der Waals surface area contributed by atoms with Crippen LogP contribution in [0.3, 0.4) is 0 Å². The summed E-state index contributed by atoms with van der Waals surface area (Å²) in [6, 6.07) is 0. The SMILES string of the molecule is CCn1ncnc1CNCCC(=O)N1CCCC1. The largest absolute Gasteiger partial charge is 0.343 e. The van der Waals surface area contributed by atoms with Gasteiger partial charge in [0.15, 0.2) is 0 Å². The summed E-state index contributed by atoms with van der Waals surface area (Å²) < 4.78 is 1.86. The number of amides is 1. The van der Waals surface area contributed by atoms with Gasteiger partial charge in [0.05, 0.1) is 6.54 Å². The quantitative estimate of drug-likeness (QED) is 0.743. The average Bonchev–Trinajstić information content (AvgIpc) is 3.04. The van der Waals surface area contributed by atoms with Crippen LogP contribution in [0.1, 0.15) is 32.0 Å². The molecule has 1 aliphatic rings. The van der Waals surface area contributed by atoms with Gasteiger partial charge in [-0.3, -0.25) is 4.79 Å². The first-order chi connectivity index (χ1) is 8.81. The number of rotatable bonds is 6. The molecule has 1 N–H and O–H groups in total. The number of carbonyl (C=O) groups is 1. The predicted octanol–water partition coefficient (Wildman–Crippen LogP) is 0.400. The van der Waals surface area contributed by atoms with Crippen molar-refractivity contribution in [1.29, 1.82) is 0 Å². The number of hydrogen-bond donors (Lipinski definition) is 1. The Bertz CT molecular complexity index is 384. The van der Waals surface area contributed by atoms with E-state index in [-0.39, 0.29) is 5.91 Å². The average molecular weight is 251 g/mol. The van der Waals surface area contributed by atoms with Gasteiger partial charge in [-0.2, -0.15) is 5.10 Å². The molecule has 2 heterocycles. The minimum absolute atomic E-state index is 0.261. The molecule has 18 heavy (non-hydrogen) atoms. The molecule has 0 unspecified atom stereocenters. The number of likely N-dealkylation sites (tertiary alicyclic amines) is 1. The van der Waals surface area contributed by atoms with Crippen LogP contribution in [0.5, 0.6) is 0 Å². The molecule has 1 saturated heterocycles. The zero-order valence-electron chi connectivity index (χ0n) is 10.9. The lowest BCUT2D eigenvalue weighted by atomic mass is 10.3. The Kier molecular flexibility index (Phi) is 4.69. The predicted molar refractivity (Wildman–Crippen MR) is 67.8 cm³/mol. The first-order valence-electron chi connectivity index (χ1n) is 6.66. The van der Waals surface area contributed by atoms with Crippen molar-refractivity contribution >= 4 is 5.91 Å². The second kappa shape index (κ2) is 6.49. The third kappa shape index (κ3) is 3.29. The molecule has 0 atom stereocenters. The molecule has 6 nitrogen and oxygen atoms in total. The van der Waals surface area contributed by atoms with Crippen molar-refractivity contribution in [3.05, 3.63) is 12.2 Å². The van der Waals surface area contributed by atoms with E-state index in [9.17, 15) is 4.79 Å². The molecule has 0 aromatic carbocycles. The monoisotopic (exact) mass is 251 g/mol. The van der Waals surface area contributed by atoms with Gasteiger partial charge in [0, 0.05) is 32.6 Å². The lowest BCUT2D eigenvalue weighted by molar-refractivity contribution is -0.130. The second-order valence-electron chi connectivity index (χ2n) is 4.51. The summed E-state index contributed by atoms with van der Waals surface area (Å²) in [5.41, 5.74) is 0. The topological polar surface area (TPSA) is 63.1 Å². The highest BCUT2D eigenvalue weighted by Crippen LogP contribution is 2.08. The minimum Gasteiger partial charge on any atom is -0.343 e. The first kappa shape index (κ1) is 13.0. The van der Waals surface area contributed by atoms with Crippen molar-refractivity contribution in [3.8, 4) is 0 Å². The van der Waals surface area contributed by atoms with Crippen LogP contribution in [-0.2, 0) is 17.9 Å². The molecule has 6 heteroatoms. The number of nitrogens with one attached hydrogen (secondary N) is 1. The summed E-state index contributed by atoms with van der Waals surface area (Å²) in [6.45, 7) is 6.10. The summed E-state index contributed by atoms with van der Waals surface area (Å²) in [5.74, 6) is 1.18. The van der Waals surface area contributed by atoms with E-state index < -0.39 is 0 Å². The highest BCUT2D eigenvalue weighted by Gasteiger charge is 2.16. The van der Waals surface area contributed by atoms with Crippen LogP contribution in [0.25, 0.3) is 0 Å². The molecule has 2 rings (SSSR count). The molecule has 0 aliphatic carbocycles. The van der Waals surface area contributed by atoms with Gasteiger partial charge in [-0.1, -0.05) is 0 Å². The van der Waals surface area contributed by atoms with Crippen LogP contribution in [0.15, 0.2) is 6.33 Å². The molecule has 0 radical (unpaired) electrons. The van der Waals surface area contributed by atoms with Crippen LogP contribution in [0.2, 0.25) is 0 Å².